The average Bonchev–Trinajstić information content (AvgIpc) is 2.45. The van der Waals surface area contributed by atoms with E-state index in [0.29, 0.717) is 0 Å². The Morgan fingerprint density at radius 1 is 1.42 bits per heavy atom. The minimum Gasteiger partial charge on any atom is -0.465 e. The first-order valence-corrected chi connectivity index (χ1v) is 7.31. The molecule has 0 bridgehead atoms. The van der Waals surface area contributed by atoms with E-state index in [4.69, 9.17) is 4.74 Å². The van der Waals surface area contributed by atoms with Gasteiger partial charge in [0, 0.05) is 0 Å². The van der Waals surface area contributed by atoms with E-state index in [0.717, 1.165) is 0 Å². The third-order valence-electron chi connectivity index (χ3n) is 2.76. The quantitative estimate of drug-likeness (QED) is 0.808. The number of fused-ring (bicyclic) bond motifs is 1. The highest BCUT2D eigenvalue weighted by Crippen LogP contribution is 2.30. The summed E-state index contributed by atoms with van der Waals surface area (Å²) in [4.78, 5) is 23.4. The lowest BCUT2D eigenvalue weighted by atomic mass is 10.2. The summed E-state index contributed by atoms with van der Waals surface area (Å²) < 4.78 is 29.5. The van der Waals surface area contributed by atoms with E-state index in [-0.39, 0.29) is 17.2 Å². The van der Waals surface area contributed by atoms with Crippen LogP contribution in [0.1, 0.15) is 13.3 Å². The van der Waals surface area contributed by atoms with Gasteiger partial charge in [0.15, 0.2) is 15.1 Å². The predicted molar refractivity (Wildman–Crippen MR) is 67.3 cm³/mol. The molecular formula is C12H13NO5S. The van der Waals surface area contributed by atoms with Crippen molar-refractivity contribution in [3.63, 3.8) is 0 Å². The molecule has 102 valence electrons. The normalized spacial score (nSPS) is 20.9. The Kier molecular flexibility index (Phi) is 3.57. The van der Waals surface area contributed by atoms with E-state index < -0.39 is 33.4 Å². The largest absolute Gasteiger partial charge is 0.465 e. The zero-order chi connectivity index (χ0) is 14.0. The van der Waals surface area contributed by atoms with Crippen LogP contribution in [0.5, 0.6) is 0 Å². The number of ether oxygens (including phenoxy) is 1. The van der Waals surface area contributed by atoms with Crippen LogP contribution < -0.4 is 5.32 Å². The van der Waals surface area contributed by atoms with Crippen LogP contribution in [0.3, 0.4) is 0 Å². The Bertz CT molecular complexity index is 623. The van der Waals surface area contributed by atoms with Gasteiger partial charge in [-0.15, -0.1) is 0 Å². The number of sulfone groups is 1. The fourth-order valence-corrected chi connectivity index (χ4v) is 3.59. The minimum absolute atomic E-state index is 0.0566. The molecule has 1 aliphatic heterocycles. The van der Waals surface area contributed by atoms with Crippen molar-refractivity contribution in [1.82, 2.24) is 0 Å². The van der Waals surface area contributed by atoms with Crippen LogP contribution in [0.2, 0.25) is 0 Å². The molecule has 1 aromatic carbocycles. The average molecular weight is 283 g/mol. The highest BCUT2D eigenvalue weighted by molar-refractivity contribution is 7.93. The zero-order valence-electron chi connectivity index (χ0n) is 10.3. The summed E-state index contributed by atoms with van der Waals surface area (Å²) >= 11 is 0. The maximum atomic E-state index is 12.4. The first-order chi connectivity index (χ1) is 8.96. The van der Waals surface area contributed by atoms with Crippen LogP contribution in [0.25, 0.3) is 0 Å². The lowest BCUT2D eigenvalue weighted by Crippen LogP contribution is -2.33. The summed E-state index contributed by atoms with van der Waals surface area (Å²) in [5.74, 6) is -1.42. The SMILES string of the molecule is CCOC(=O)C1CC(=O)Nc2ccccc2S1(=O)=O. The summed E-state index contributed by atoms with van der Waals surface area (Å²) in [5, 5.41) is 0.989. The zero-order valence-corrected chi connectivity index (χ0v) is 11.1. The molecule has 1 N–H and O–H groups in total. The summed E-state index contributed by atoms with van der Waals surface area (Å²) in [5.41, 5.74) is 0.194. The van der Waals surface area contributed by atoms with Gasteiger partial charge in [0.1, 0.15) is 0 Å². The molecule has 1 atom stereocenters. The van der Waals surface area contributed by atoms with Gasteiger partial charge in [0.2, 0.25) is 5.91 Å². The molecule has 2 rings (SSSR count). The molecule has 19 heavy (non-hydrogen) atoms. The van der Waals surface area contributed by atoms with Crippen molar-refractivity contribution in [2.45, 2.75) is 23.5 Å². The molecule has 0 aromatic heterocycles. The standard InChI is InChI=1S/C12H13NO5S/c1-2-18-12(15)10-7-11(14)13-8-5-3-4-6-9(8)19(10,16)17/h3-6,10H,2,7H2,1H3,(H,13,14). The van der Waals surface area contributed by atoms with Crippen molar-refractivity contribution in [2.24, 2.45) is 0 Å². The number of hydrogen-bond donors (Lipinski definition) is 1. The van der Waals surface area contributed by atoms with Crippen molar-refractivity contribution in [3.05, 3.63) is 24.3 Å². The highest BCUT2D eigenvalue weighted by Gasteiger charge is 2.40. The highest BCUT2D eigenvalue weighted by atomic mass is 32.2. The monoisotopic (exact) mass is 283 g/mol. The van der Waals surface area contributed by atoms with Gasteiger partial charge in [-0.25, -0.2) is 8.42 Å². The second-order valence-corrected chi connectivity index (χ2v) is 6.13. The first-order valence-electron chi connectivity index (χ1n) is 5.76. The molecule has 0 saturated heterocycles. The second-order valence-electron chi connectivity index (χ2n) is 4.03. The number of carbonyl (C=O) groups is 2. The van der Waals surface area contributed by atoms with Gasteiger partial charge in [-0.2, -0.15) is 0 Å². The number of para-hydroxylation sites is 1. The molecule has 0 aliphatic carbocycles. The molecule has 1 unspecified atom stereocenters. The third-order valence-corrected chi connectivity index (χ3v) is 4.84. The topological polar surface area (TPSA) is 89.5 Å². The Morgan fingerprint density at radius 3 is 2.79 bits per heavy atom. The molecule has 1 aliphatic rings. The molecule has 7 heteroatoms. The number of amides is 1. The first kappa shape index (κ1) is 13.5. The second kappa shape index (κ2) is 5.00. The predicted octanol–water partition coefficient (Wildman–Crippen LogP) is 0.734. The summed E-state index contributed by atoms with van der Waals surface area (Å²) in [7, 11) is -3.93. The van der Waals surface area contributed by atoms with Crippen molar-refractivity contribution >= 4 is 27.4 Å². The minimum atomic E-state index is -3.93. The van der Waals surface area contributed by atoms with Gasteiger partial charge in [0.05, 0.1) is 23.6 Å². The van der Waals surface area contributed by atoms with Crippen molar-refractivity contribution < 1.29 is 22.7 Å². The van der Waals surface area contributed by atoms with E-state index in [1.54, 1.807) is 13.0 Å². The third kappa shape index (κ3) is 2.46. The van der Waals surface area contributed by atoms with Gasteiger partial charge in [-0.3, -0.25) is 9.59 Å². The van der Waals surface area contributed by atoms with E-state index in [9.17, 15) is 18.0 Å². The van der Waals surface area contributed by atoms with Crippen molar-refractivity contribution in [1.29, 1.82) is 0 Å². The molecule has 0 saturated carbocycles. The van der Waals surface area contributed by atoms with Crippen LogP contribution >= 0.6 is 0 Å². The van der Waals surface area contributed by atoms with Crippen LogP contribution in [-0.4, -0.2) is 32.2 Å². The van der Waals surface area contributed by atoms with Gasteiger partial charge in [-0.05, 0) is 19.1 Å². The van der Waals surface area contributed by atoms with E-state index in [2.05, 4.69) is 5.32 Å². The number of benzene rings is 1. The maximum Gasteiger partial charge on any atom is 0.325 e. The summed E-state index contributed by atoms with van der Waals surface area (Å²) in [6.45, 7) is 1.64. The Hall–Kier alpha value is -1.89. The van der Waals surface area contributed by atoms with Gasteiger partial charge < -0.3 is 10.1 Å². The van der Waals surface area contributed by atoms with Gasteiger partial charge >= 0.3 is 5.97 Å². The number of hydrogen-bond acceptors (Lipinski definition) is 5. The Labute approximate surface area is 110 Å². The van der Waals surface area contributed by atoms with Crippen LogP contribution in [0, 0.1) is 0 Å². The van der Waals surface area contributed by atoms with E-state index >= 15 is 0 Å². The molecule has 0 spiro atoms. The smallest absolute Gasteiger partial charge is 0.325 e. The number of carbonyl (C=O) groups excluding carboxylic acids is 2. The van der Waals surface area contributed by atoms with E-state index in [1.807, 2.05) is 0 Å². The van der Waals surface area contributed by atoms with E-state index in [1.165, 1.54) is 18.2 Å². The molecule has 6 nitrogen and oxygen atoms in total. The van der Waals surface area contributed by atoms with Crippen molar-refractivity contribution in [3.8, 4) is 0 Å². The van der Waals surface area contributed by atoms with Crippen LogP contribution in [-0.2, 0) is 24.2 Å². The van der Waals surface area contributed by atoms with Crippen LogP contribution in [0.15, 0.2) is 29.2 Å². The lowest BCUT2D eigenvalue weighted by molar-refractivity contribution is -0.143. The number of esters is 1. The number of anilines is 1. The lowest BCUT2D eigenvalue weighted by Gasteiger charge is -2.12. The van der Waals surface area contributed by atoms with Crippen molar-refractivity contribution in [2.75, 3.05) is 11.9 Å². The maximum absolute atomic E-state index is 12.4. The molecule has 0 fully saturated rings. The summed E-state index contributed by atoms with van der Waals surface area (Å²) in [6, 6.07) is 6.00. The summed E-state index contributed by atoms with van der Waals surface area (Å²) in [6.07, 6.45) is -0.435. The van der Waals surface area contributed by atoms with Gasteiger partial charge in [-0.1, -0.05) is 12.1 Å². The number of nitrogens with one attached hydrogen (secondary N) is 1. The molecule has 0 radical (unpaired) electrons. The Balaban J connectivity index is 2.54. The van der Waals surface area contributed by atoms with Gasteiger partial charge in [0.25, 0.3) is 0 Å². The molecule has 1 aromatic rings. The fourth-order valence-electron chi connectivity index (χ4n) is 1.90. The number of rotatable bonds is 2. The fraction of sp³-hybridized carbons (Fsp3) is 0.333. The Morgan fingerprint density at radius 2 is 2.11 bits per heavy atom. The van der Waals surface area contributed by atoms with Crippen LogP contribution in [0.4, 0.5) is 5.69 Å². The molecule has 1 amide bonds. The molecule has 1 heterocycles. The molecular weight excluding hydrogens is 270 g/mol.